The third kappa shape index (κ3) is 2.88. The van der Waals surface area contributed by atoms with Crippen LogP contribution in [0.3, 0.4) is 0 Å². The van der Waals surface area contributed by atoms with Gasteiger partial charge in [0.25, 0.3) is 5.91 Å². The van der Waals surface area contributed by atoms with E-state index in [1.54, 1.807) is 19.4 Å². The van der Waals surface area contributed by atoms with E-state index in [2.05, 4.69) is 10.3 Å². The summed E-state index contributed by atoms with van der Waals surface area (Å²) in [4.78, 5) is 16.2. The molecule has 7 heteroatoms. The summed E-state index contributed by atoms with van der Waals surface area (Å²) in [6, 6.07) is 2.96. The number of nitrogens with zero attached hydrogens (tertiary/aromatic N) is 3. The Morgan fingerprint density at radius 3 is 2.82 bits per heavy atom. The molecule has 2 aromatic heterocycles. The highest BCUT2D eigenvalue weighted by atomic mass is 19.3. The van der Waals surface area contributed by atoms with Crippen LogP contribution in [0.1, 0.15) is 35.6 Å². The van der Waals surface area contributed by atoms with Crippen LogP contribution in [0.2, 0.25) is 0 Å². The maximum atomic E-state index is 13.0. The average Bonchev–Trinajstić information content (AvgIpc) is 2.86. The molecule has 0 aromatic carbocycles. The van der Waals surface area contributed by atoms with Crippen LogP contribution >= 0.6 is 0 Å². The van der Waals surface area contributed by atoms with Crippen molar-refractivity contribution in [1.29, 1.82) is 0 Å². The highest BCUT2D eigenvalue weighted by Gasteiger charge is 2.43. The van der Waals surface area contributed by atoms with E-state index < -0.39 is 12.5 Å². The van der Waals surface area contributed by atoms with Gasteiger partial charge in [0.2, 0.25) is 0 Å². The summed E-state index contributed by atoms with van der Waals surface area (Å²) >= 11 is 0. The van der Waals surface area contributed by atoms with Crippen molar-refractivity contribution in [3.63, 3.8) is 0 Å². The Bertz CT molecular complexity index is 659. The van der Waals surface area contributed by atoms with Crippen molar-refractivity contribution in [3.8, 4) is 0 Å². The van der Waals surface area contributed by atoms with E-state index in [0.717, 1.165) is 24.0 Å². The molecule has 0 saturated heterocycles. The van der Waals surface area contributed by atoms with Gasteiger partial charge in [-0.05, 0) is 31.9 Å². The van der Waals surface area contributed by atoms with Gasteiger partial charge >= 0.3 is 6.55 Å². The number of rotatable bonds is 6. The van der Waals surface area contributed by atoms with Crippen LogP contribution in [0.25, 0.3) is 0 Å². The second-order valence-electron chi connectivity index (χ2n) is 5.93. The molecule has 22 heavy (non-hydrogen) atoms. The lowest BCUT2D eigenvalue weighted by Gasteiger charge is -2.17. The minimum atomic E-state index is -2.71. The van der Waals surface area contributed by atoms with Gasteiger partial charge in [0.15, 0.2) is 0 Å². The second kappa shape index (κ2) is 5.55. The standard InChI is InChI=1S/C15H18F2N4O/c1-11-2-3-12(21(11)14(16)17)13(22)19-8-15(4-5-15)9-20-7-6-18-10-20/h2-3,6-7,10,14H,4-5,8-9H2,1H3,(H,19,22). The van der Waals surface area contributed by atoms with Crippen molar-refractivity contribution >= 4 is 5.91 Å². The van der Waals surface area contributed by atoms with E-state index >= 15 is 0 Å². The predicted octanol–water partition coefficient (Wildman–Crippen LogP) is 2.60. The molecule has 1 amide bonds. The van der Waals surface area contributed by atoms with Gasteiger partial charge in [-0.3, -0.25) is 9.36 Å². The fraction of sp³-hybridized carbons (Fsp3) is 0.467. The monoisotopic (exact) mass is 308 g/mol. The van der Waals surface area contributed by atoms with Gasteiger partial charge in [0.1, 0.15) is 5.69 Å². The van der Waals surface area contributed by atoms with Crippen molar-refractivity contribution in [2.45, 2.75) is 32.9 Å². The topological polar surface area (TPSA) is 51.9 Å². The van der Waals surface area contributed by atoms with Crippen LogP contribution in [-0.4, -0.2) is 26.6 Å². The fourth-order valence-electron chi connectivity index (χ4n) is 2.69. The van der Waals surface area contributed by atoms with Gasteiger partial charge in [-0.1, -0.05) is 0 Å². The minimum Gasteiger partial charge on any atom is -0.350 e. The zero-order chi connectivity index (χ0) is 15.7. The molecule has 0 radical (unpaired) electrons. The van der Waals surface area contributed by atoms with Crippen LogP contribution < -0.4 is 5.32 Å². The van der Waals surface area contributed by atoms with Crippen molar-refractivity contribution in [2.24, 2.45) is 5.41 Å². The van der Waals surface area contributed by atoms with E-state index in [0.29, 0.717) is 12.2 Å². The Labute approximate surface area is 127 Å². The van der Waals surface area contributed by atoms with E-state index in [1.807, 2.05) is 10.8 Å². The molecule has 5 nitrogen and oxygen atoms in total. The van der Waals surface area contributed by atoms with Crippen LogP contribution in [-0.2, 0) is 6.54 Å². The van der Waals surface area contributed by atoms with Gasteiger partial charge in [-0.2, -0.15) is 8.78 Å². The van der Waals surface area contributed by atoms with Crippen LogP contribution in [0.5, 0.6) is 0 Å². The number of nitrogens with one attached hydrogen (secondary N) is 1. The maximum Gasteiger partial charge on any atom is 0.319 e. The summed E-state index contributed by atoms with van der Waals surface area (Å²) in [7, 11) is 0. The van der Waals surface area contributed by atoms with Gasteiger partial charge in [0.05, 0.1) is 6.33 Å². The number of hydrogen-bond donors (Lipinski definition) is 1. The maximum absolute atomic E-state index is 13.0. The summed E-state index contributed by atoms with van der Waals surface area (Å²) in [6.45, 7) is 0.112. The average molecular weight is 308 g/mol. The number of imidazole rings is 1. The Hall–Kier alpha value is -2.18. The van der Waals surface area contributed by atoms with E-state index in [4.69, 9.17) is 0 Å². The summed E-state index contributed by atoms with van der Waals surface area (Å²) in [5, 5.41) is 2.80. The third-order valence-corrected chi connectivity index (χ3v) is 4.21. The quantitative estimate of drug-likeness (QED) is 0.892. The summed E-state index contributed by atoms with van der Waals surface area (Å²) < 4.78 is 28.7. The number of hydrogen-bond acceptors (Lipinski definition) is 2. The molecule has 0 aliphatic heterocycles. The van der Waals surface area contributed by atoms with E-state index in [9.17, 15) is 13.6 Å². The molecule has 2 aromatic rings. The fourth-order valence-corrected chi connectivity index (χ4v) is 2.69. The van der Waals surface area contributed by atoms with Crippen LogP contribution in [0, 0.1) is 12.3 Å². The zero-order valence-corrected chi connectivity index (χ0v) is 12.3. The second-order valence-corrected chi connectivity index (χ2v) is 5.93. The molecule has 1 fully saturated rings. The highest BCUT2D eigenvalue weighted by Crippen LogP contribution is 2.46. The molecule has 1 aliphatic rings. The minimum absolute atomic E-state index is 0.00549. The Morgan fingerprint density at radius 2 is 2.23 bits per heavy atom. The number of aromatic nitrogens is 3. The molecule has 118 valence electrons. The lowest BCUT2D eigenvalue weighted by atomic mass is 10.1. The van der Waals surface area contributed by atoms with Gasteiger partial charge in [-0.15, -0.1) is 0 Å². The van der Waals surface area contributed by atoms with Gasteiger partial charge < -0.3 is 9.88 Å². The highest BCUT2D eigenvalue weighted by molar-refractivity contribution is 5.93. The predicted molar refractivity (Wildman–Crippen MR) is 76.6 cm³/mol. The summed E-state index contributed by atoms with van der Waals surface area (Å²) in [6.07, 6.45) is 7.37. The van der Waals surface area contributed by atoms with E-state index in [1.165, 1.54) is 12.1 Å². The third-order valence-electron chi connectivity index (χ3n) is 4.21. The first kappa shape index (κ1) is 14.7. The zero-order valence-electron chi connectivity index (χ0n) is 12.3. The number of amides is 1. The van der Waals surface area contributed by atoms with Crippen molar-refractivity contribution in [1.82, 2.24) is 19.4 Å². The normalized spacial score (nSPS) is 16.0. The molecule has 1 aliphatic carbocycles. The molecule has 0 bridgehead atoms. The molecular weight excluding hydrogens is 290 g/mol. The molecule has 2 heterocycles. The van der Waals surface area contributed by atoms with Crippen LogP contribution in [0.4, 0.5) is 8.78 Å². The molecule has 1 N–H and O–H groups in total. The van der Waals surface area contributed by atoms with E-state index in [-0.39, 0.29) is 11.1 Å². The molecular formula is C15H18F2N4O. The Kier molecular flexibility index (Phi) is 3.72. The first-order chi connectivity index (χ1) is 10.5. The van der Waals surface area contributed by atoms with Crippen molar-refractivity contribution in [2.75, 3.05) is 6.54 Å². The first-order valence-corrected chi connectivity index (χ1v) is 7.21. The number of carbonyl (C=O) groups is 1. The number of carbonyl (C=O) groups excluding carboxylic acids is 1. The SMILES string of the molecule is Cc1ccc(C(=O)NCC2(Cn3ccnc3)CC2)n1C(F)F. The molecule has 3 rings (SSSR count). The van der Waals surface area contributed by atoms with Crippen molar-refractivity contribution in [3.05, 3.63) is 42.2 Å². The van der Waals surface area contributed by atoms with Gasteiger partial charge in [-0.25, -0.2) is 4.98 Å². The lowest BCUT2D eigenvalue weighted by Crippen LogP contribution is -2.33. The summed E-state index contributed by atoms with van der Waals surface area (Å²) in [5.74, 6) is -0.453. The number of alkyl halides is 2. The largest absolute Gasteiger partial charge is 0.350 e. The van der Waals surface area contributed by atoms with Crippen molar-refractivity contribution < 1.29 is 13.6 Å². The molecule has 0 atom stereocenters. The number of aryl methyl sites for hydroxylation is 1. The molecule has 1 saturated carbocycles. The smallest absolute Gasteiger partial charge is 0.319 e. The first-order valence-electron chi connectivity index (χ1n) is 7.21. The Morgan fingerprint density at radius 1 is 1.45 bits per heavy atom. The van der Waals surface area contributed by atoms with Gasteiger partial charge in [0, 0.05) is 36.6 Å². The Balaban J connectivity index is 1.63. The number of halogens is 2. The lowest BCUT2D eigenvalue weighted by molar-refractivity contribution is 0.0616. The van der Waals surface area contributed by atoms with Crippen LogP contribution in [0.15, 0.2) is 30.9 Å². The molecule has 0 spiro atoms. The summed E-state index contributed by atoms with van der Waals surface area (Å²) in [5.41, 5.74) is 0.402. The molecule has 0 unspecified atom stereocenters.